The molecule has 0 saturated heterocycles. The maximum Gasteiger partial charge on any atom is 0.329 e. The van der Waals surface area contributed by atoms with Gasteiger partial charge in [0.15, 0.2) is 0 Å². The van der Waals surface area contributed by atoms with Crippen LogP contribution in [0.25, 0.3) is 10.9 Å². The molecule has 8 heteroatoms. The highest BCUT2D eigenvalue weighted by Gasteiger charge is 2.14. The SMILES string of the molecule is CN(Cc1ccc(Cl)c(Cl)c1)C(=O)Cn1c(=O)[nH]c(=O)c2ccccc21. The monoisotopic (exact) mass is 391 g/mol. The Kier molecular flexibility index (Phi) is 5.15. The first-order chi connectivity index (χ1) is 12.4. The fraction of sp³-hybridized carbons (Fsp3) is 0.167. The minimum atomic E-state index is -0.620. The third kappa shape index (κ3) is 3.66. The lowest BCUT2D eigenvalue weighted by molar-refractivity contribution is -0.131. The number of fused-ring (bicyclic) bond motifs is 1. The third-order valence-corrected chi connectivity index (χ3v) is 4.77. The zero-order valence-corrected chi connectivity index (χ0v) is 15.3. The number of halogens is 2. The molecule has 1 aromatic heterocycles. The number of para-hydroxylation sites is 1. The number of hydrogen-bond donors (Lipinski definition) is 1. The summed E-state index contributed by atoms with van der Waals surface area (Å²) in [6.45, 7) is 0.125. The first-order valence-corrected chi connectivity index (χ1v) is 8.52. The summed E-state index contributed by atoms with van der Waals surface area (Å²) in [6.07, 6.45) is 0. The predicted octanol–water partition coefficient (Wildman–Crippen LogP) is 2.66. The number of aromatic nitrogens is 2. The predicted molar refractivity (Wildman–Crippen MR) is 102 cm³/mol. The maximum absolute atomic E-state index is 12.6. The molecule has 0 unspecified atom stereocenters. The lowest BCUT2D eigenvalue weighted by atomic mass is 10.2. The zero-order chi connectivity index (χ0) is 18.8. The second-order valence-electron chi connectivity index (χ2n) is 5.86. The van der Waals surface area contributed by atoms with Crippen molar-refractivity contribution in [3.63, 3.8) is 0 Å². The number of nitrogens with zero attached hydrogens (tertiary/aromatic N) is 2. The number of rotatable bonds is 4. The summed E-state index contributed by atoms with van der Waals surface area (Å²) in [6, 6.07) is 11.8. The largest absolute Gasteiger partial charge is 0.340 e. The number of hydrogen-bond acceptors (Lipinski definition) is 3. The van der Waals surface area contributed by atoms with Crippen molar-refractivity contribution < 1.29 is 4.79 Å². The Hall–Kier alpha value is -2.57. The molecule has 1 heterocycles. The number of aromatic amines is 1. The highest BCUT2D eigenvalue weighted by Crippen LogP contribution is 2.23. The first kappa shape index (κ1) is 18.2. The number of amides is 1. The summed E-state index contributed by atoms with van der Waals surface area (Å²) >= 11 is 11.9. The van der Waals surface area contributed by atoms with E-state index in [1.165, 1.54) is 9.47 Å². The molecular formula is C18H15Cl2N3O3. The molecule has 6 nitrogen and oxygen atoms in total. The number of likely N-dealkylation sites (N-methyl/N-ethyl adjacent to an activating group) is 1. The Morgan fingerprint density at radius 1 is 1.12 bits per heavy atom. The maximum atomic E-state index is 12.6. The lowest BCUT2D eigenvalue weighted by Gasteiger charge is -2.19. The van der Waals surface area contributed by atoms with E-state index in [4.69, 9.17) is 23.2 Å². The lowest BCUT2D eigenvalue weighted by Crippen LogP contribution is -2.37. The molecule has 0 atom stereocenters. The molecule has 1 N–H and O–H groups in total. The van der Waals surface area contributed by atoms with E-state index in [0.717, 1.165) is 5.56 Å². The van der Waals surface area contributed by atoms with Crippen molar-refractivity contribution in [1.82, 2.24) is 14.5 Å². The van der Waals surface area contributed by atoms with E-state index in [1.807, 2.05) is 0 Å². The molecular weight excluding hydrogens is 377 g/mol. The number of H-pyrrole nitrogens is 1. The van der Waals surface area contributed by atoms with Crippen molar-refractivity contribution in [1.29, 1.82) is 0 Å². The molecule has 134 valence electrons. The van der Waals surface area contributed by atoms with Gasteiger partial charge in [-0.3, -0.25) is 19.1 Å². The van der Waals surface area contributed by atoms with Crippen molar-refractivity contribution in [3.8, 4) is 0 Å². The molecule has 0 aliphatic heterocycles. The quantitative estimate of drug-likeness (QED) is 0.742. The average molecular weight is 392 g/mol. The molecule has 0 aliphatic rings. The van der Waals surface area contributed by atoms with Crippen LogP contribution in [0.1, 0.15) is 5.56 Å². The van der Waals surface area contributed by atoms with Crippen molar-refractivity contribution >= 4 is 40.0 Å². The first-order valence-electron chi connectivity index (χ1n) is 7.76. The van der Waals surface area contributed by atoms with Gasteiger partial charge in [-0.05, 0) is 29.8 Å². The number of benzene rings is 2. The Bertz CT molecular complexity index is 1100. The standard InChI is InChI=1S/C18H15Cl2N3O3/c1-22(9-11-6-7-13(19)14(20)8-11)16(24)10-23-15-5-3-2-4-12(15)17(25)21-18(23)26/h2-8H,9-10H2,1H3,(H,21,25,26). The summed E-state index contributed by atoms with van der Waals surface area (Å²) in [5.74, 6) is -0.282. The summed E-state index contributed by atoms with van der Waals surface area (Å²) in [4.78, 5) is 40.3. The van der Waals surface area contributed by atoms with Crippen molar-refractivity contribution in [3.05, 3.63) is 78.9 Å². The van der Waals surface area contributed by atoms with E-state index in [2.05, 4.69) is 4.98 Å². The van der Waals surface area contributed by atoms with Crippen LogP contribution in [0.2, 0.25) is 10.0 Å². The van der Waals surface area contributed by atoms with Crippen LogP contribution >= 0.6 is 23.2 Å². The Balaban J connectivity index is 1.86. The summed E-state index contributed by atoms with van der Waals surface area (Å²) < 4.78 is 1.25. The van der Waals surface area contributed by atoms with Crippen LogP contribution < -0.4 is 11.2 Å². The van der Waals surface area contributed by atoms with E-state index in [1.54, 1.807) is 49.5 Å². The van der Waals surface area contributed by atoms with Gasteiger partial charge in [0.2, 0.25) is 5.91 Å². The molecule has 0 fully saturated rings. The van der Waals surface area contributed by atoms with Crippen molar-refractivity contribution in [2.75, 3.05) is 7.05 Å². The average Bonchev–Trinajstić information content (AvgIpc) is 2.61. The molecule has 0 radical (unpaired) electrons. The molecule has 1 amide bonds. The van der Waals surface area contributed by atoms with Crippen LogP contribution in [0, 0.1) is 0 Å². The fourth-order valence-corrected chi connectivity index (χ4v) is 2.98. The van der Waals surface area contributed by atoms with Gasteiger partial charge in [-0.2, -0.15) is 0 Å². The molecule has 26 heavy (non-hydrogen) atoms. The van der Waals surface area contributed by atoms with Gasteiger partial charge >= 0.3 is 5.69 Å². The van der Waals surface area contributed by atoms with Gasteiger partial charge in [0.05, 0.1) is 20.9 Å². The minimum Gasteiger partial charge on any atom is -0.340 e. The molecule has 0 saturated carbocycles. The van der Waals surface area contributed by atoms with Gasteiger partial charge in [-0.1, -0.05) is 41.4 Å². The van der Waals surface area contributed by atoms with E-state index < -0.39 is 11.2 Å². The molecule has 0 bridgehead atoms. The van der Waals surface area contributed by atoms with Gasteiger partial charge < -0.3 is 4.90 Å². The van der Waals surface area contributed by atoms with Crippen LogP contribution in [0.4, 0.5) is 0 Å². The highest BCUT2D eigenvalue weighted by molar-refractivity contribution is 6.42. The highest BCUT2D eigenvalue weighted by atomic mass is 35.5. The number of nitrogens with one attached hydrogen (secondary N) is 1. The third-order valence-electron chi connectivity index (χ3n) is 4.03. The van der Waals surface area contributed by atoms with Crippen molar-refractivity contribution in [2.24, 2.45) is 0 Å². The van der Waals surface area contributed by atoms with Crippen LogP contribution in [0.3, 0.4) is 0 Å². The topological polar surface area (TPSA) is 75.2 Å². The Labute approximate surface area is 158 Å². The smallest absolute Gasteiger partial charge is 0.329 e. The van der Waals surface area contributed by atoms with Gasteiger partial charge in [0.25, 0.3) is 5.56 Å². The van der Waals surface area contributed by atoms with E-state index >= 15 is 0 Å². The van der Waals surface area contributed by atoms with Gasteiger partial charge in [-0.15, -0.1) is 0 Å². The molecule has 3 rings (SSSR count). The molecule has 2 aromatic carbocycles. The van der Waals surface area contributed by atoms with Crippen molar-refractivity contribution in [2.45, 2.75) is 13.1 Å². The molecule has 0 spiro atoms. The number of carbonyl (C=O) groups excluding carboxylic acids is 1. The van der Waals surface area contributed by atoms with Gasteiger partial charge in [0, 0.05) is 13.6 Å². The summed E-state index contributed by atoms with van der Waals surface area (Å²) in [5, 5.41) is 1.20. The fourth-order valence-electron chi connectivity index (χ4n) is 2.66. The Morgan fingerprint density at radius 2 is 1.85 bits per heavy atom. The summed E-state index contributed by atoms with van der Waals surface area (Å²) in [7, 11) is 1.63. The van der Waals surface area contributed by atoms with Gasteiger partial charge in [-0.25, -0.2) is 4.79 Å². The van der Waals surface area contributed by atoms with E-state index in [0.29, 0.717) is 27.5 Å². The van der Waals surface area contributed by atoms with Gasteiger partial charge in [0.1, 0.15) is 6.54 Å². The van der Waals surface area contributed by atoms with Crippen LogP contribution in [-0.4, -0.2) is 27.4 Å². The molecule has 0 aliphatic carbocycles. The molecule has 3 aromatic rings. The minimum absolute atomic E-state index is 0.187. The van der Waals surface area contributed by atoms with Crippen LogP contribution in [-0.2, 0) is 17.9 Å². The second-order valence-corrected chi connectivity index (χ2v) is 6.68. The Morgan fingerprint density at radius 3 is 2.58 bits per heavy atom. The van der Waals surface area contributed by atoms with Crippen LogP contribution in [0.5, 0.6) is 0 Å². The number of carbonyl (C=O) groups is 1. The zero-order valence-electron chi connectivity index (χ0n) is 13.8. The second kappa shape index (κ2) is 7.35. The normalized spacial score (nSPS) is 10.9. The van der Waals surface area contributed by atoms with Crippen LogP contribution in [0.15, 0.2) is 52.1 Å². The summed E-state index contributed by atoms with van der Waals surface area (Å²) in [5.41, 5.74) is 0.134. The van der Waals surface area contributed by atoms with E-state index in [9.17, 15) is 14.4 Å². The van der Waals surface area contributed by atoms with E-state index in [-0.39, 0.29) is 12.5 Å².